The Morgan fingerprint density at radius 2 is 1.67 bits per heavy atom. The highest BCUT2D eigenvalue weighted by molar-refractivity contribution is 5.96. The lowest BCUT2D eigenvalue weighted by Gasteiger charge is -2.32. The first-order valence-corrected chi connectivity index (χ1v) is 13.3. The lowest BCUT2D eigenvalue weighted by molar-refractivity contribution is -0.137. The first-order valence-electron chi connectivity index (χ1n) is 13.3. The Hall–Kier alpha value is -2.85. The van der Waals surface area contributed by atoms with E-state index in [2.05, 4.69) is 26.3 Å². The summed E-state index contributed by atoms with van der Waals surface area (Å²) in [5.74, 6) is -1.70. The van der Waals surface area contributed by atoms with Gasteiger partial charge >= 0.3 is 0 Å². The van der Waals surface area contributed by atoms with Crippen LogP contribution in [0, 0.1) is 5.92 Å². The van der Waals surface area contributed by atoms with E-state index in [1.54, 1.807) is 20.8 Å². The minimum atomic E-state index is -1.17. The number of amides is 4. The zero-order valence-corrected chi connectivity index (χ0v) is 22.5. The highest BCUT2D eigenvalue weighted by atomic mass is 16.2. The lowest BCUT2D eigenvalue weighted by Crippen LogP contribution is -2.61. The summed E-state index contributed by atoms with van der Waals surface area (Å²) in [5.41, 5.74) is 9.61. The molecule has 0 aromatic rings. The Labute approximate surface area is 215 Å². The third kappa shape index (κ3) is 11.3. The van der Waals surface area contributed by atoms with E-state index in [1.165, 1.54) is 0 Å². The van der Waals surface area contributed by atoms with Gasteiger partial charge in [-0.2, -0.15) is 0 Å². The van der Waals surface area contributed by atoms with Gasteiger partial charge in [0, 0.05) is 19.0 Å². The van der Waals surface area contributed by atoms with Crippen LogP contribution in [0.5, 0.6) is 0 Å². The summed E-state index contributed by atoms with van der Waals surface area (Å²) >= 11 is 0. The van der Waals surface area contributed by atoms with E-state index in [-0.39, 0.29) is 30.1 Å². The summed E-state index contributed by atoms with van der Waals surface area (Å²) in [4.78, 5) is 55.8. The van der Waals surface area contributed by atoms with Crippen LogP contribution in [0.25, 0.3) is 0 Å². The van der Waals surface area contributed by atoms with Crippen molar-refractivity contribution in [3.63, 3.8) is 0 Å². The molecule has 36 heavy (non-hydrogen) atoms. The number of carbonyl (C=O) groups excluding carboxylic acids is 4. The molecular weight excluding hydrogens is 462 g/mol. The molecule has 1 aliphatic rings. The molecule has 11 nitrogen and oxygen atoms in total. The molecule has 1 aliphatic heterocycles. The van der Waals surface area contributed by atoms with Gasteiger partial charge in [0.05, 0.1) is 0 Å². The molecule has 1 saturated heterocycles. The van der Waals surface area contributed by atoms with Gasteiger partial charge in [-0.25, -0.2) is 0 Å². The molecule has 3 atom stereocenters. The van der Waals surface area contributed by atoms with Crippen molar-refractivity contribution >= 4 is 29.6 Å². The van der Waals surface area contributed by atoms with Crippen LogP contribution >= 0.6 is 0 Å². The van der Waals surface area contributed by atoms with E-state index < -0.39 is 29.4 Å². The largest absolute Gasteiger partial charge is 0.370 e. The lowest BCUT2D eigenvalue weighted by atomic mass is 9.91. The molecule has 1 heterocycles. The average Bonchev–Trinajstić information content (AvgIpc) is 2.81. The predicted octanol–water partition coefficient (Wildman–Crippen LogP) is 0.811. The average molecular weight is 510 g/mol. The monoisotopic (exact) mass is 509 g/mol. The molecule has 0 aromatic carbocycles. The normalized spacial score (nSPS) is 25.2. The van der Waals surface area contributed by atoms with Gasteiger partial charge in [0.2, 0.25) is 23.6 Å². The van der Waals surface area contributed by atoms with Gasteiger partial charge < -0.3 is 32.7 Å². The van der Waals surface area contributed by atoms with E-state index in [4.69, 9.17) is 11.5 Å². The van der Waals surface area contributed by atoms with Crippen LogP contribution in [-0.2, 0) is 19.2 Å². The smallest absolute Gasteiger partial charge is 0.246 e. The van der Waals surface area contributed by atoms with E-state index >= 15 is 0 Å². The Morgan fingerprint density at radius 1 is 1.03 bits per heavy atom. The third-order valence-electron chi connectivity index (χ3n) is 6.44. The van der Waals surface area contributed by atoms with Crippen molar-refractivity contribution in [1.82, 2.24) is 21.3 Å². The number of rotatable bonds is 7. The molecule has 1 fully saturated rings. The molecular formula is C25H47N7O4. The van der Waals surface area contributed by atoms with Crippen molar-refractivity contribution in [2.45, 2.75) is 110 Å². The van der Waals surface area contributed by atoms with Crippen LogP contribution in [0.3, 0.4) is 0 Å². The van der Waals surface area contributed by atoms with E-state index in [9.17, 15) is 19.2 Å². The summed E-state index contributed by atoms with van der Waals surface area (Å²) in [5, 5.41) is 11.4. The van der Waals surface area contributed by atoms with Crippen molar-refractivity contribution in [3.05, 3.63) is 0 Å². The van der Waals surface area contributed by atoms with E-state index in [0.29, 0.717) is 32.4 Å². The second kappa shape index (κ2) is 16.0. The van der Waals surface area contributed by atoms with Gasteiger partial charge in [-0.3, -0.25) is 24.2 Å². The van der Waals surface area contributed by atoms with Crippen LogP contribution in [0.2, 0.25) is 0 Å². The Bertz CT molecular complexity index is 768. The fourth-order valence-electron chi connectivity index (χ4n) is 4.01. The number of nitrogens with one attached hydrogen (secondary N) is 4. The van der Waals surface area contributed by atoms with Crippen molar-refractivity contribution in [2.75, 3.05) is 13.1 Å². The maximum Gasteiger partial charge on any atom is 0.246 e. The topological polar surface area (TPSA) is 181 Å². The van der Waals surface area contributed by atoms with Crippen molar-refractivity contribution in [1.29, 1.82) is 0 Å². The third-order valence-corrected chi connectivity index (χ3v) is 6.44. The molecule has 11 heteroatoms. The van der Waals surface area contributed by atoms with Crippen LogP contribution < -0.4 is 32.7 Å². The number of hydrogen-bond acceptors (Lipinski definition) is 5. The maximum absolute atomic E-state index is 13.5. The second-order valence-electron chi connectivity index (χ2n) is 10.1. The summed E-state index contributed by atoms with van der Waals surface area (Å²) in [6.07, 6.45) is 7.15. The summed E-state index contributed by atoms with van der Waals surface area (Å²) in [7, 11) is 0. The number of nitrogens with two attached hydrogens (primary N) is 2. The molecule has 0 aliphatic carbocycles. The molecule has 0 saturated carbocycles. The fourth-order valence-corrected chi connectivity index (χ4v) is 4.01. The zero-order valence-electron chi connectivity index (χ0n) is 22.5. The predicted molar refractivity (Wildman–Crippen MR) is 141 cm³/mol. The van der Waals surface area contributed by atoms with Gasteiger partial charge in [-0.05, 0) is 39.0 Å². The standard InChI is InChI=1S/C25H47N7O4/c1-5-18-21(34)28-15-11-9-7-6-8-10-14-25(4,32-20(33)17(2)3)23(36)31-19(22(35)30-18)13-12-16-29-24(26)27/h17-19H,5-16H2,1-4H3,(H,28,34)(H,30,35)(H,31,36)(H,32,33)(H4,26,27,29). The molecule has 4 amide bonds. The summed E-state index contributed by atoms with van der Waals surface area (Å²) in [6.45, 7) is 7.91. The molecule has 0 radical (unpaired) electrons. The van der Waals surface area contributed by atoms with E-state index in [1.807, 2.05) is 6.92 Å². The molecule has 0 spiro atoms. The van der Waals surface area contributed by atoms with Gasteiger partial charge in [0.1, 0.15) is 17.6 Å². The molecule has 8 N–H and O–H groups in total. The molecule has 1 rings (SSSR count). The maximum atomic E-state index is 13.5. The molecule has 0 bridgehead atoms. The fraction of sp³-hybridized carbons (Fsp3) is 0.800. The van der Waals surface area contributed by atoms with Crippen LogP contribution in [0.1, 0.15) is 91.9 Å². The number of hydrogen-bond donors (Lipinski definition) is 6. The number of aliphatic imine (C=N–C) groups is 1. The zero-order chi connectivity index (χ0) is 27.1. The minimum absolute atomic E-state index is 0.0518. The van der Waals surface area contributed by atoms with Crippen molar-refractivity contribution in [3.8, 4) is 0 Å². The van der Waals surface area contributed by atoms with Crippen LogP contribution in [0.15, 0.2) is 4.99 Å². The minimum Gasteiger partial charge on any atom is -0.370 e. The Balaban J connectivity index is 3.18. The second-order valence-corrected chi connectivity index (χ2v) is 10.1. The van der Waals surface area contributed by atoms with Crippen molar-refractivity contribution < 1.29 is 19.2 Å². The number of carbonyl (C=O) groups is 4. The number of guanidine groups is 1. The first kappa shape index (κ1) is 31.2. The van der Waals surface area contributed by atoms with Crippen molar-refractivity contribution in [2.24, 2.45) is 22.4 Å². The SMILES string of the molecule is CCC1NC(=O)C(CCCN=C(N)N)NC(=O)C(C)(NC(=O)C(C)C)CCCCCCCCNC1=O. The first-order chi connectivity index (χ1) is 17.0. The Morgan fingerprint density at radius 3 is 2.28 bits per heavy atom. The Kier molecular flexibility index (Phi) is 13.9. The summed E-state index contributed by atoms with van der Waals surface area (Å²) in [6, 6.07) is -1.63. The van der Waals surface area contributed by atoms with Gasteiger partial charge in [0.15, 0.2) is 5.96 Å². The molecule has 0 aromatic heterocycles. The quantitative estimate of drug-likeness (QED) is 0.168. The van der Waals surface area contributed by atoms with Gasteiger partial charge in [-0.1, -0.05) is 52.9 Å². The summed E-state index contributed by atoms with van der Waals surface area (Å²) < 4.78 is 0. The van der Waals surface area contributed by atoms with Crippen LogP contribution in [-0.4, -0.2) is 60.3 Å². The highest BCUT2D eigenvalue weighted by Crippen LogP contribution is 2.19. The molecule has 206 valence electrons. The highest BCUT2D eigenvalue weighted by Gasteiger charge is 2.37. The van der Waals surface area contributed by atoms with Crippen LogP contribution in [0.4, 0.5) is 0 Å². The number of nitrogens with zero attached hydrogens (tertiary/aromatic N) is 1. The van der Waals surface area contributed by atoms with Gasteiger partial charge in [-0.15, -0.1) is 0 Å². The molecule has 3 unspecified atom stereocenters. The van der Waals surface area contributed by atoms with E-state index in [0.717, 1.165) is 38.5 Å². The van der Waals surface area contributed by atoms with Gasteiger partial charge in [0.25, 0.3) is 0 Å².